The number of aryl methyl sites for hydroxylation is 2. The van der Waals surface area contributed by atoms with Crippen molar-refractivity contribution in [1.29, 1.82) is 0 Å². The fourth-order valence-electron chi connectivity index (χ4n) is 8.44. The molecule has 5 rings (SSSR count). The highest BCUT2D eigenvalue weighted by atomic mass is 16.3. The van der Waals surface area contributed by atoms with Gasteiger partial charge in [-0.25, -0.2) is 0 Å². The number of aliphatic hydroxyl groups excluding tert-OH is 1. The van der Waals surface area contributed by atoms with E-state index in [0.29, 0.717) is 29.0 Å². The molecule has 0 bridgehead atoms. The summed E-state index contributed by atoms with van der Waals surface area (Å²) in [5.74, 6) is 2.93. The van der Waals surface area contributed by atoms with Crippen molar-refractivity contribution in [3.05, 3.63) is 22.5 Å². The van der Waals surface area contributed by atoms with Crippen molar-refractivity contribution in [2.24, 2.45) is 34.5 Å². The molecule has 4 heteroatoms. The average Bonchev–Trinajstić information content (AvgIpc) is 3.16. The quantitative estimate of drug-likeness (QED) is 0.639. The lowest BCUT2D eigenvalue weighted by molar-refractivity contribution is -0.141. The monoisotopic (exact) mass is 424 g/mol. The maximum Gasteiger partial charge on any atom is 0.165 e. The predicted molar refractivity (Wildman–Crippen MR) is 123 cm³/mol. The van der Waals surface area contributed by atoms with Crippen LogP contribution in [-0.4, -0.2) is 26.8 Å². The summed E-state index contributed by atoms with van der Waals surface area (Å²) in [4.78, 5) is 13.7. The summed E-state index contributed by atoms with van der Waals surface area (Å²) in [7, 11) is 0. The minimum Gasteiger partial charge on any atom is -0.393 e. The minimum absolute atomic E-state index is 0.0957. The van der Waals surface area contributed by atoms with Crippen LogP contribution in [0.2, 0.25) is 0 Å². The third-order valence-corrected chi connectivity index (χ3v) is 10.3. The first kappa shape index (κ1) is 21.4. The van der Waals surface area contributed by atoms with Crippen molar-refractivity contribution in [3.8, 4) is 0 Å². The molecular formula is C27H40N2O2. The molecule has 1 heterocycles. The second-order valence-corrected chi connectivity index (χ2v) is 11.6. The van der Waals surface area contributed by atoms with Crippen LogP contribution >= 0.6 is 0 Å². The normalized spacial score (nSPS) is 43.6. The predicted octanol–water partition coefficient (Wildman–Crippen LogP) is 5.49. The lowest BCUT2D eigenvalue weighted by Gasteiger charge is -2.59. The molecule has 31 heavy (non-hydrogen) atoms. The smallest absolute Gasteiger partial charge is 0.165 e. The highest BCUT2D eigenvalue weighted by Gasteiger charge is 2.61. The molecule has 0 radical (unpaired) electrons. The number of hydrogen-bond acceptors (Lipinski definition) is 3. The number of allylic oxidation sites excluding steroid dienone is 1. The van der Waals surface area contributed by atoms with Crippen LogP contribution in [0.3, 0.4) is 0 Å². The molecule has 170 valence electrons. The highest BCUT2D eigenvalue weighted by Crippen LogP contribution is 2.66. The van der Waals surface area contributed by atoms with Crippen LogP contribution < -0.4 is 0 Å². The van der Waals surface area contributed by atoms with Gasteiger partial charge in [0.2, 0.25) is 0 Å². The van der Waals surface area contributed by atoms with Gasteiger partial charge in [0, 0.05) is 23.2 Å². The van der Waals surface area contributed by atoms with Crippen LogP contribution in [0.25, 0.3) is 6.08 Å². The van der Waals surface area contributed by atoms with E-state index in [1.165, 1.54) is 25.0 Å². The van der Waals surface area contributed by atoms with Gasteiger partial charge in [-0.3, -0.25) is 9.48 Å². The van der Waals surface area contributed by atoms with Crippen molar-refractivity contribution in [3.63, 3.8) is 0 Å². The van der Waals surface area contributed by atoms with E-state index in [2.05, 4.69) is 45.8 Å². The Labute approximate surface area is 187 Å². The van der Waals surface area contributed by atoms with Gasteiger partial charge in [0.05, 0.1) is 11.8 Å². The van der Waals surface area contributed by atoms with E-state index in [1.807, 2.05) is 4.68 Å². The van der Waals surface area contributed by atoms with Crippen molar-refractivity contribution < 1.29 is 9.90 Å². The Morgan fingerprint density at radius 3 is 2.61 bits per heavy atom. The van der Waals surface area contributed by atoms with Crippen LogP contribution in [0.15, 0.2) is 5.57 Å². The molecule has 0 saturated heterocycles. The van der Waals surface area contributed by atoms with Gasteiger partial charge in [0.1, 0.15) is 0 Å². The van der Waals surface area contributed by atoms with Gasteiger partial charge >= 0.3 is 0 Å². The first-order valence-electron chi connectivity index (χ1n) is 12.7. The van der Waals surface area contributed by atoms with E-state index in [-0.39, 0.29) is 11.5 Å². The topological polar surface area (TPSA) is 55.1 Å². The Kier molecular flexibility index (Phi) is 5.04. The molecule has 0 aromatic carbocycles. The van der Waals surface area contributed by atoms with E-state index in [9.17, 15) is 9.90 Å². The molecule has 7 atom stereocenters. The number of ketones is 1. The summed E-state index contributed by atoms with van der Waals surface area (Å²) < 4.78 is 2.05. The van der Waals surface area contributed by atoms with E-state index < -0.39 is 0 Å². The Hall–Kier alpha value is -1.42. The summed E-state index contributed by atoms with van der Waals surface area (Å²) in [5, 5.41) is 14.9. The summed E-state index contributed by atoms with van der Waals surface area (Å²) in [5.41, 5.74) is 4.57. The number of nitrogens with zero attached hydrogens (tertiary/aromatic N) is 2. The molecule has 0 aliphatic heterocycles. The molecule has 0 amide bonds. The maximum atomic E-state index is 13.7. The minimum atomic E-state index is -0.188. The molecule has 1 aromatic heterocycles. The summed E-state index contributed by atoms with van der Waals surface area (Å²) in [6.45, 7) is 12.0. The molecule has 1 aromatic rings. The van der Waals surface area contributed by atoms with Crippen LogP contribution in [0.1, 0.15) is 89.1 Å². The SMILES string of the molecule is CCn1nc(C)c(/C=C2/C[C@@H]3[C@H]4CC[C@H]5C[C@H](O)CC[C@]5(C)[C@@H]4CC[C@]3(C)C2=O)c1C. The van der Waals surface area contributed by atoms with Crippen LogP contribution in [0.5, 0.6) is 0 Å². The molecule has 0 spiro atoms. The van der Waals surface area contributed by atoms with Crippen LogP contribution in [-0.2, 0) is 11.3 Å². The summed E-state index contributed by atoms with van der Waals surface area (Å²) in [6.07, 6.45) is 10.8. The van der Waals surface area contributed by atoms with E-state index in [4.69, 9.17) is 0 Å². The first-order valence-corrected chi connectivity index (χ1v) is 12.7. The third kappa shape index (κ3) is 3.03. The Bertz CT molecular complexity index is 930. The number of rotatable bonds is 2. The van der Waals surface area contributed by atoms with Gasteiger partial charge in [-0.05, 0) is 113 Å². The highest BCUT2D eigenvalue weighted by molar-refractivity contribution is 6.06. The van der Waals surface area contributed by atoms with E-state index in [0.717, 1.165) is 61.4 Å². The lowest BCUT2D eigenvalue weighted by atomic mass is 9.45. The number of carbonyl (C=O) groups is 1. The molecule has 4 nitrogen and oxygen atoms in total. The van der Waals surface area contributed by atoms with Gasteiger partial charge in [0.15, 0.2) is 5.78 Å². The zero-order valence-corrected chi connectivity index (χ0v) is 20.1. The second kappa shape index (κ2) is 7.30. The lowest BCUT2D eigenvalue weighted by Crippen LogP contribution is -2.54. The summed E-state index contributed by atoms with van der Waals surface area (Å²) in [6, 6.07) is 0. The second-order valence-electron chi connectivity index (χ2n) is 11.6. The van der Waals surface area contributed by atoms with Gasteiger partial charge in [-0.2, -0.15) is 5.10 Å². The number of carbonyl (C=O) groups excluding carboxylic acids is 1. The van der Waals surface area contributed by atoms with Crippen molar-refractivity contribution in [2.75, 3.05) is 0 Å². The largest absolute Gasteiger partial charge is 0.393 e. The zero-order chi connectivity index (χ0) is 22.1. The standard InChI is InChI=1S/C27H40N2O2/c1-6-29-17(3)22(16(2)28-29)13-18-14-24-21-8-7-19-15-20(30)9-11-26(19,4)23(21)10-12-27(24,5)25(18)31/h13,19-21,23-24,30H,6-12,14-15H2,1-5H3/b18-13-/t19-,20+,21-,23+,24+,26-,27-/m0/s1. The molecular weight excluding hydrogens is 384 g/mol. The fraction of sp³-hybridized carbons (Fsp3) is 0.778. The third-order valence-electron chi connectivity index (χ3n) is 10.3. The molecule has 0 unspecified atom stereocenters. The molecule has 1 N–H and O–H groups in total. The van der Waals surface area contributed by atoms with Crippen molar-refractivity contribution in [1.82, 2.24) is 9.78 Å². The molecule has 4 saturated carbocycles. The van der Waals surface area contributed by atoms with Gasteiger partial charge < -0.3 is 5.11 Å². The number of fused-ring (bicyclic) bond motifs is 5. The Morgan fingerprint density at radius 2 is 1.90 bits per heavy atom. The number of aromatic nitrogens is 2. The Balaban J connectivity index is 1.46. The Morgan fingerprint density at radius 1 is 1.13 bits per heavy atom. The van der Waals surface area contributed by atoms with Gasteiger partial charge in [-0.1, -0.05) is 13.8 Å². The van der Waals surface area contributed by atoms with Crippen molar-refractivity contribution in [2.45, 2.75) is 98.6 Å². The zero-order valence-electron chi connectivity index (χ0n) is 20.1. The van der Waals surface area contributed by atoms with Gasteiger partial charge in [0.25, 0.3) is 0 Å². The molecule has 4 aliphatic rings. The van der Waals surface area contributed by atoms with Crippen molar-refractivity contribution >= 4 is 11.9 Å². The maximum absolute atomic E-state index is 13.7. The van der Waals surface area contributed by atoms with E-state index >= 15 is 0 Å². The molecule has 4 aliphatic carbocycles. The number of hydrogen-bond donors (Lipinski definition) is 1. The molecule has 4 fully saturated rings. The first-order chi connectivity index (χ1) is 14.7. The van der Waals surface area contributed by atoms with Gasteiger partial charge in [-0.15, -0.1) is 0 Å². The average molecular weight is 425 g/mol. The van der Waals surface area contributed by atoms with E-state index in [1.54, 1.807) is 0 Å². The number of Topliss-reactive ketones (excluding diaryl/α,β-unsaturated/α-hetero) is 1. The fourth-order valence-corrected chi connectivity index (χ4v) is 8.44. The number of aliphatic hydroxyl groups is 1. The van der Waals surface area contributed by atoms with Crippen LogP contribution in [0.4, 0.5) is 0 Å². The van der Waals surface area contributed by atoms with Crippen LogP contribution in [0, 0.1) is 48.3 Å². The summed E-state index contributed by atoms with van der Waals surface area (Å²) >= 11 is 0.